The van der Waals surface area contributed by atoms with Crippen LogP contribution in [0, 0.1) is 0 Å². The molecule has 0 aliphatic heterocycles. The zero-order valence-electron chi connectivity index (χ0n) is 31.7. The molecular weight excluding hydrogens is 703 g/mol. The van der Waals surface area contributed by atoms with Crippen LogP contribution >= 0.6 is 0 Å². The van der Waals surface area contributed by atoms with Gasteiger partial charge in [-0.25, -0.2) is 0 Å². The number of benzene rings is 10. The minimum atomic E-state index is 0.853. The molecule has 0 radical (unpaired) electrons. The topological polar surface area (TPSA) is 16.4 Å². The fourth-order valence-corrected chi connectivity index (χ4v) is 8.73. The molecule has 58 heavy (non-hydrogen) atoms. The molecule has 0 spiro atoms. The zero-order chi connectivity index (χ0) is 38.4. The molecule has 11 rings (SSSR count). The number of anilines is 3. The van der Waals surface area contributed by atoms with Gasteiger partial charge < -0.3 is 9.32 Å². The van der Waals surface area contributed by atoms with Gasteiger partial charge in [-0.15, -0.1) is 0 Å². The summed E-state index contributed by atoms with van der Waals surface area (Å²) in [6, 6.07) is 80.5. The molecule has 0 saturated carbocycles. The van der Waals surface area contributed by atoms with Crippen molar-refractivity contribution in [1.29, 1.82) is 0 Å². The summed E-state index contributed by atoms with van der Waals surface area (Å²) in [7, 11) is 0. The molecule has 2 heteroatoms. The van der Waals surface area contributed by atoms with Crippen molar-refractivity contribution in [1.82, 2.24) is 0 Å². The van der Waals surface area contributed by atoms with E-state index in [4.69, 9.17) is 4.42 Å². The lowest BCUT2D eigenvalue weighted by molar-refractivity contribution is 0.672. The standard InChI is InChI=1S/C56H37NO/c1-3-15-38(16-4-1)39-29-31-40(32-30-39)41-33-35-44(36-34-41)57(52-26-13-20-43-19-7-8-22-46(43)52)53-27-14-28-54-55(53)51-37-50(48-24-11-12-25-49(48)56(51)58-54)47-23-10-9-21-45(47)42-17-5-2-6-18-42/h1-37H. The maximum Gasteiger partial charge on any atom is 0.143 e. The SMILES string of the molecule is c1ccc(-c2ccc(-c3ccc(N(c4cccc5ccccc45)c4cccc5oc6c7ccccc7c(-c7ccccc7-c7ccccc7)cc6c45)cc3)cc2)cc1. The molecule has 0 atom stereocenters. The van der Waals surface area contributed by atoms with Crippen LogP contribution < -0.4 is 4.90 Å². The molecule has 0 unspecified atom stereocenters. The van der Waals surface area contributed by atoms with E-state index in [2.05, 4.69) is 229 Å². The molecule has 1 aromatic heterocycles. The Kier molecular flexibility index (Phi) is 8.19. The van der Waals surface area contributed by atoms with E-state index in [0.717, 1.165) is 49.8 Å². The highest BCUT2D eigenvalue weighted by atomic mass is 16.3. The van der Waals surface area contributed by atoms with Gasteiger partial charge in [0.25, 0.3) is 0 Å². The van der Waals surface area contributed by atoms with Crippen LogP contribution in [0.1, 0.15) is 0 Å². The van der Waals surface area contributed by atoms with Crippen molar-refractivity contribution in [3.63, 3.8) is 0 Å². The van der Waals surface area contributed by atoms with Crippen molar-refractivity contribution < 1.29 is 4.42 Å². The monoisotopic (exact) mass is 739 g/mol. The first-order chi connectivity index (χ1) is 28.8. The smallest absolute Gasteiger partial charge is 0.143 e. The average molecular weight is 740 g/mol. The maximum atomic E-state index is 6.91. The van der Waals surface area contributed by atoms with E-state index < -0.39 is 0 Å². The lowest BCUT2D eigenvalue weighted by atomic mass is 9.90. The fourth-order valence-electron chi connectivity index (χ4n) is 8.73. The van der Waals surface area contributed by atoms with Gasteiger partial charge in [0.1, 0.15) is 11.2 Å². The van der Waals surface area contributed by atoms with Crippen molar-refractivity contribution in [3.8, 4) is 44.5 Å². The van der Waals surface area contributed by atoms with E-state index in [1.54, 1.807) is 0 Å². The van der Waals surface area contributed by atoms with E-state index in [1.165, 1.54) is 55.3 Å². The Morgan fingerprint density at radius 3 is 1.55 bits per heavy atom. The molecule has 1 heterocycles. The van der Waals surface area contributed by atoms with Crippen molar-refractivity contribution in [2.75, 3.05) is 4.90 Å². The molecule has 0 amide bonds. The summed E-state index contributed by atoms with van der Waals surface area (Å²) >= 11 is 0. The Balaban J connectivity index is 1.12. The third-order valence-electron chi connectivity index (χ3n) is 11.5. The van der Waals surface area contributed by atoms with E-state index >= 15 is 0 Å². The second-order valence-electron chi connectivity index (χ2n) is 14.8. The van der Waals surface area contributed by atoms with Gasteiger partial charge in [0, 0.05) is 21.8 Å². The molecular formula is C56H37NO. The van der Waals surface area contributed by atoms with E-state index in [0.29, 0.717) is 0 Å². The molecule has 0 N–H and O–H groups in total. The molecule has 11 aromatic rings. The highest BCUT2D eigenvalue weighted by molar-refractivity contribution is 6.23. The molecule has 10 aromatic carbocycles. The van der Waals surface area contributed by atoms with Crippen LogP contribution in [0.25, 0.3) is 88.0 Å². The van der Waals surface area contributed by atoms with Gasteiger partial charge in [-0.05, 0) is 91.7 Å². The van der Waals surface area contributed by atoms with E-state index in [-0.39, 0.29) is 0 Å². The highest BCUT2D eigenvalue weighted by Gasteiger charge is 2.23. The zero-order valence-corrected chi connectivity index (χ0v) is 31.7. The minimum absolute atomic E-state index is 0.853. The average Bonchev–Trinajstić information content (AvgIpc) is 3.69. The summed E-state index contributed by atoms with van der Waals surface area (Å²) in [5, 5.41) is 6.79. The van der Waals surface area contributed by atoms with Gasteiger partial charge in [0.2, 0.25) is 0 Å². The van der Waals surface area contributed by atoms with Gasteiger partial charge in [-0.1, -0.05) is 188 Å². The van der Waals surface area contributed by atoms with Crippen LogP contribution in [0.3, 0.4) is 0 Å². The van der Waals surface area contributed by atoms with Crippen LogP contribution in [0.5, 0.6) is 0 Å². The number of rotatable bonds is 7. The highest BCUT2D eigenvalue weighted by Crippen LogP contribution is 2.48. The Labute approximate surface area is 337 Å². The molecule has 0 fully saturated rings. The van der Waals surface area contributed by atoms with Crippen molar-refractivity contribution in [2.24, 2.45) is 0 Å². The summed E-state index contributed by atoms with van der Waals surface area (Å²) in [5.41, 5.74) is 14.5. The van der Waals surface area contributed by atoms with Gasteiger partial charge in [0.05, 0.1) is 16.8 Å². The summed E-state index contributed by atoms with van der Waals surface area (Å²) in [4.78, 5) is 2.41. The maximum absolute atomic E-state index is 6.91. The predicted octanol–water partition coefficient (Wildman–Crippen LogP) is 16.0. The molecule has 2 nitrogen and oxygen atoms in total. The lowest BCUT2D eigenvalue weighted by Crippen LogP contribution is -2.10. The van der Waals surface area contributed by atoms with Gasteiger partial charge in [-0.2, -0.15) is 0 Å². The van der Waals surface area contributed by atoms with Crippen molar-refractivity contribution in [3.05, 3.63) is 224 Å². The normalized spacial score (nSPS) is 11.4. The summed E-state index contributed by atoms with van der Waals surface area (Å²) in [5.74, 6) is 0. The van der Waals surface area contributed by atoms with Crippen LogP contribution in [0.2, 0.25) is 0 Å². The van der Waals surface area contributed by atoms with E-state index in [9.17, 15) is 0 Å². The first-order valence-corrected chi connectivity index (χ1v) is 19.8. The second-order valence-corrected chi connectivity index (χ2v) is 14.8. The number of nitrogens with zero attached hydrogens (tertiary/aromatic N) is 1. The molecule has 0 aliphatic carbocycles. The Bertz CT molecular complexity index is 3250. The third kappa shape index (κ3) is 5.74. The minimum Gasteiger partial charge on any atom is -0.455 e. The summed E-state index contributed by atoms with van der Waals surface area (Å²) < 4.78 is 6.91. The van der Waals surface area contributed by atoms with Gasteiger partial charge >= 0.3 is 0 Å². The molecule has 0 aliphatic rings. The lowest BCUT2D eigenvalue weighted by Gasteiger charge is -2.28. The molecule has 272 valence electrons. The van der Waals surface area contributed by atoms with Crippen LogP contribution in [-0.4, -0.2) is 0 Å². The second kappa shape index (κ2) is 14.1. The van der Waals surface area contributed by atoms with Crippen molar-refractivity contribution >= 4 is 60.5 Å². The number of fused-ring (bicyclic) bond motifs is 6. The fraction of sp³-hybridized carbons (Fsp3) is 0. The summed E-state index contributed by atoms with van der Waals surface area (Å²) in [6.45, 7) is 0. The van der Waals surface area contributed by atoms with Gasteiger partial charge in [0.15, 0.2) is 0 Å². The Morgan fingerprint density at radius 1 is 0.310 bits per heavy atom. The first kappa shape index (κ1) is 33.6. The Hall–Kier alpha value is -7.68. The summed E-state index contributed by atoms with van der Waals surface area (Å²) in [6.07, 6.45) is 0. The Morgan fingerprint density at radius 2 is 0.828 bits per heavy atom. The quantitative estimate of drug-likeness (QED) is 0.162. The number of hydrogen-bond acceptors (Lipinski definition) is 2. The predicted molar refractivity (Wildman–Crippen MR) is 245 cm³/mol. The van der Waals surface area contributed by atoms with Crippen LogP contribution in [0.15, 0.2) is 229 Å². The van der Waals surface area contributed by atoms with Crippen molar-refractivity contribution in [2.45, 2.75) is 0 Å². The number of hydrogen-bond donors (Lipinski definition) is 0. The van der Waals surface area contributed by atoms with Crippen LogP contribution in [0.4, 0.5) is 17.1 Å². The van der Waals surface area contributed by atoms with Gasteiger partial charge in [-0.3, -0.25) is 0 Å². The van der Waals surface area contributed by atoms with Crippen LogP contribution in [-0.2, 0) is 0 Å². The largest absolute Gasteiger partial charge is 0.455 e. The van der Waals surface area contributed by atoms with E-state index in [1.807, 2.05) is 0 Å². The third-order valence-corrected chi connectivity index (χ3v) is 11.5. The molecule has 0 saturated heterocycles. The molecule has 0 bridgehead atoms. The first-order valence-electron chi connectivity index (χ1n) is 19.8. The number of furan rings is 1.